The van der Waals surface area contributed by atoms with Crippen LogP contribution in [0.5, 0.6) is 0 Å². The fourth-order valence-corrected chi connectivity index (χ4v) is 3.83. The average Bonchev–Trinajstić information content (AvgIpc) is 2.94. The number of carbonyl (C=O) groups is 1. The number of fused-ring (bicyclic) bond motifs is 2. The van der Waals surface area contributed by atoms with Crippen molar-refractivity contribution in [1.29, 1.82) is 0 Å². The summed E-state index contributed by atoms with van der Waals surface area (Å²) in [5, 5.41) is 0.0359. The topological polar surface area (TPSA) is 17.1 Å². The Morgan fingerprint density at radius 1 is 1.33 bits per heavy atom. The number of ketones is 1. The quantitative estimate of drug-likeness (QED) is 0.737. The van der Waals surface area contributed by atoms with E-state index in [0.29, 0.717) is 17.9 Å². The van der Waals surface area contributed by atoms with E-state index in [9.17, 15) is 9.18 Å². The van der Waals surface area contributed by atoms with Crippen molar-refractivity contribution in [3.8, 4) is 0 Å². The highest BCUT2D eigenvalue weighted by Crippen LogP contribution is 2.49. The number of carbonyl (C=O) groups excluding carboxylic acids is 1. The van der Waals surface area contributed by atoms with Crippen molar-refractivity contribution in [3.05, 3.63) is 34.6 Å². The van der Waals surface area contributed by atoms with Crippen molar-refractivity contribution in [2.24, 2.45) is 17.8 Å². The molecule has 1 aromatic carbocycles. The normalized spacial score (nSPS) is 29.8. The van der Waals surface area contributed by atoms with Gasteiger partial charge in [-0.1, -0.05) is 18.0 Å². The third kappa shape index (κ3) is 2.18. The van der Waals surface area contributed by atoms with Crippen LogP contribution < -0.4 is 0 Å². The summed E-state index contributed by atoms with van der Waals surface area (Å²) in [5.74, 6) is 1.78. The van der Waals surface area contributed by atoms with Crippen LogP contribution in [0.2, 0.25) is 5.02 Å². The van der Waals surface area contributed by atoms with Crippen molar-refractivity contribution in [3.63, 3.8) is 0 Å². The number of hydrogen-bond acceptors (Lipinski definition) is 1. The number of Topliss-reactive ketones (excluding diaryl/α,β-unsaturated/α-hetero) is 1. The smallest absolute Gasteiger partial charge is 0.163 e. The highest BCUT2D eigenvalue weighted by molar-refractivity contribution is 6.31. The Morgan fingerprint density at radius 3 is 2.78 bits per heavy atom. The van der Waals surface area contributed by atoms with Gasteiger partial charge in [-0.15, -0.1) is 0 Å². The summed E-state index contributed by atoms with van der Waals surface area (Å²) in [4.78, 5) is 12.2. The predicted molar refractivity (Wildman–Crippen MR) is 69.3 cm³/mol. The van der Waals surface area contributed by atoms with E-state index < -0.39 is 5.82 Å². The molecule has 96 valence electrons. The van der Waals surface area contributed by atoms with Crippen molar-refractivity contribution in [1.82, 2.24) is 0 Å². The third-order valence-corrected chi connectivity index (χ3v) is 4.86. The van der Waals surface area contributed by atoms with Gasteiger partial charge in [-0.25, -0.2) is 4.39 Å². The maximum atomic E-state index is 13.0. The molecule has 3 atom stereocenters. The van der Waals surface area contributed by atoms with Crippen LogP contribution in [0, 0.1) is 23.6 Å². The monoisotopic (exact) mass is 266 g/mol. The maximum Gasteiger partial charge on any atom is 0.163 e. The van der Waals surface area contributed by atoms with Crippen molar-refractivity contribution < 1.29 is 9.18 Å². The van der Waals surface area contributed by atoms with Gasteiger partial charge >= 0.3 is 0 Å². The lowest BCUT2D eigenvalue weighted by Gasteiger charge is -2.20. The van der Waals surface area contributed by atoms with E-state index in [1.807, 2.05) is 0 Å². The molecular formula is C15H16ClFO. The molecule has 0 aromatic heterocycles. The molecule has 0 aliphatic heterocycles. The van der Waals surface area contributed by atoms with Crippen LogP contribution in [0.1, 0.15) is 42.5 Å². The first kappa shape index (κ1) is 12.2. The van der Waals surface area contributed by atoms with Crippen LogP contribution in [0.3, 0.4) is 0 Å². The molecule has 2 bridgehead atoms. The summed E-state index contributed by atoms with van der Waals surface area (Å²) in [7, 11) is 0. The lowest BCUT2D eigenvalue weighted by atomic mass is 9.84. The fourth-order valence-electron chi connectivity index (χ4n) is 3.65. The molecule has 3 unspecified atom stereocenters. The van der Waals surface area contributed by atoms with Crippen LogP contribution in [-0.2, 0) is 0 Å². The highest BCUT2D eigenvalue weighted by Gasteiger charge is 2.40. The van der Waals surface area contributed by atoms with E-state index in [1.165, 1.54) is 43.9 Å². The van der Waals surface area contributed by atoms with E-state index in [2.05, 4.69) is 0 Å². The zero-order valence-electron chi connectivity index (χ0n) is 10.2. The van der Waals surface area contributed by atoms with Crippen molar-refractivity contribution in [2.75, 3.05) is 0 Å². The molecule has 0 heterocycles. The summed E-state index contributed by atoms with van der Waals surface area (Å²) in [6.45, 7) is 0. The van der Waals surface area contributed by atoms with Crippen LogP contribution in [0.15, 0.2) is 18.2 Å². The Bertz CT molecular complexity index is 485. The molecular weight excluding hydrogens is 251 g/mol. The summed E-state index contributed by atoms with van der Waals surface area (Å²) in [6.07, 6.45) is 5.74. The van der Waals surface area contributed by atoms with Gasteiger partial charge < -0.3 is 0 Å². The molecule has 0 saturated heterocycles. The average molecular weight is 267 g/mol. The molecule has 0 N–H and O–H groups in total. The Balaban J connectivity index is 1.69. The highest BCUT2D eigenvalue weighted by atomic mass is 35.5. The molecule has 0 spiro atoms. The minimum atomic E-state index is -0.465. The van der Waals surface area contributed by atoms with Gasteiger partial charge in [0, 0.05) is 12.0 Å². The molecule has 18 heavy (non-hydrogen) atoms. The van der Waals surface area contributed by atoms with Gasteiger partial charge in [0.15, 0.2) is 5.78 Å². The van der Waals surface area contributed by atoms with Gasteiger partial charge in [-0.2, -0.15) is 0 Å². The standard InChI is InChI=1S/C15H16ClFO/c16-13-7-11(3-4-14(13)17)15(18)8-12-6-9-1-2-10(12)5-9/h3-4,7,9-10,12H,1-2,5-6,8H2. The van der Waals surface area contributed by atoms with E-state index in [0.717, 1.165) is 11.8 Å². The van der Waals surface area contributed by atoms with Gasteiger partial charge in [0.2, 0.25) is 0 Å². The lowest BCUT2D eigenvalue weighted by Crippen LogP contribution is -2.15. The second-order valence-electron chi connectivity index (χ2n) is 5.69. The Labute approximate surface area is 111 Å². The Hall–Kier alpha value is -0.890. The molecule has 0 radical (unpaired) electrons. The van der Waals surface area contributed by atoms with Gasteiger partial charge in [0.1, 0.15) is 5.82 Å². The number of rotatable bonds is 3. The molecule has 2 fully saturated rings. The molecule has 1 nitrogen and oxygen atoms in total. The van der Waals surface area contributed by atoms with Crippen molar-refractivity contribution in [2.45, 2.75) is 32.1 Å². The molecule has 1 aromatic rings. The largest absolute Gasteiger partial charge is 0.294 e. The first-order chi connectivity index (χ1) is 8.63. The van der Waals surface area contributed by atoms with Crippen LogP contribution >= 0.6 is 11.6 Å². The second-order valence-corrected chi connectivity index (χ2v) is 6.10. The predicted octanol–water partition coefficient (Wildman–Crippen LogP) is 4.49. The Morgan fingerprint density at radius 2 is 2.17 bits per heavy atom. The zero-order chi connectivity index (χ0) is 12.7. The number of halogens is 2. The molecule has 2 saturated carbocycles. The van der Waals surface area contributed by atoms with Gasteiger partial charge in [-0.3, -0.25) is 4.79 Å². The number of hydrogen-bond donors (Lipinski definition) is 0. The first-order valence-corrected chi connectivity index (χ1v) is 6.99. The van der Waals surface area contributed by atoms with E-state index in [-0.39, 0.29) is 10.8 Å². The summed E-state index contributed by atoms with van der Waals surface area (Å²) < 4.78 is 13.0. The van der Waals surface area contributed by atoms with Gasteiger partial charge in [-0.05, 0) is 55.2 Å². The fraction of sp³-hybridized carbons (Fsp3) is 0.533. The molecule has 3 rings (SSSR count). The van der Waals surface area contributed by atoms with Gasteiger partial charge in [0.05, 0.1) is 5.02 Å². The molecule has 3 heteroatoms. The minimum Gasteiger partial charge on any atom is -0.294 e. The summed E-state index contributed by atoms with van der Waals surface area (Å²) in [5.41, 5.74) is 0.546. The van der Waals surface area contributed by atoms with E-state index >= 15 is 0 Å². The van der Waals surface area contributed by atoms with Crippen molar-refractivity contribution >= 4 is 17.4 Å². The van der Waals surface area contributed by atoms with E-state index in [4.69, 9.17) is 11.6 Å². The van der Waals surface area contributed by atoms with Gasteiger partial charge in [0.25, 0.3) is 0 Å². The molecule has 2 aliphatic carbocycles. The van der Waals surface area contributed by atoms with Crippen LogP contribution in [0.4, 0.5) is 4.39 Å². The second kappa shape index (κ2) is 4.65. The lowest BCUT2D eigenvalue weighted by molar-refractivity contribution is 0.0944. The van der Waals surface area contributed by atoms with Crippen LogP contribution in [-0.4, -0.2) is 5.78 Å². The number of benzene rings is 1. The first-order valence-electron chi connectivity index (χ1n) is 6.61. The Kier molecular flexibility index (Phi) is 3.14. The maximum absolute atomic E-state index is 13.0. The minimum absolute atomic E-state index is 0.0359. The SMILES string of the molecule is O=C(CC1CC2CCC1C2)c1ccc(F)c(Cl)c1. The summed E-state index contributed by atoms with van der Waals surface area (Å²) in [6, 6.07) is 4.26. The van der Waals surface area contributed by atoms with E-state index in [1.54, 1.807) is 0 Å². The molecule has 2 aliphatic rings. The summed E-state index contributed by atoms with van der Waals surface area (Å²) >= 11 is 5.71. The molecule has 0 amide bonds. The zero-order valence-corrected chi connectivity index (χ0v) is 10.9. The third-order valence-electron chi connectivity index (χ3n) is 4.57. The van der Waals surface area contributed by atoms with Crippen LogP contribution in [0.25, 0.3) is 0 Å².